The van der Waals surface area contributed by atoms with E-state index >= 15 is 0 Å². The summed E-state index contributed by atoms with van der Waals surface area (Å²) in [6.45, 7) is 8.37. The summed E-state index contributed by atoms with van der Waals surface area (Å²) >= 11 is 0. The van der Waals surface area contributed by atoms with E-state index in [4.69, 9.17) is 4.74 Å². The number of ether oxygens (including phenoxy) is 1. The van der Waals surface area contributed by atoms with Crippen molar-refractivity contribution in [3.8, 4) is 11.4 Å². The molecule has 1 aliphatic heterocycles. The molecule has 1 aliphatic rings. The fraction of sp³-hybridized carbons (Fsp3) is 0.423. The van der Waals surface area contributed by atoms with Crippen LogP contribution >= 0.6 is 0 Å². The third-order valence-electron chi connectivity index (χ3n) is 6.21. The minimum atomic E-state index is -0.292. The lowest BCUT2D eigenvalue weighted by atomic mass is 9.92. The maximum Gasteiger partial charge on any atom is 0.279 e. The van der Waals surface area contributed by atoms with Gasteiger partial charge in [0.2, 0.25) is 0 Å². The maximum atomic E-state index is 13.2. The number of benzene rings is 2. The predicted molar refractivity (Wildman–Crippen MR) is 130 cm³/mol. The zero-order chi connectivity index (χ0) is 23.4. The van der Waals surface area contributed by atoms with Gasteiger partial charge in [0.1, 0.15) is 11.4 Å². The van der Waals surface area contributed by atoms with Gasteiger partial charge in [-0.15, -0.1) is 0 Å². The Morgan fingerprint density at radius 3 is 2.45 bits per heavy atom. The van der Waals surface area contributed by atoms with Crippen molar-refractivity contribution in [3.05, 3.63) is 64.6 Å². The van der Waals surface area contributed by atoms with Gasteiger partial charge in [-0.25, -0.2) is 0 Å². The van der Waals surface area contributed by atoms with E-state index in [1.165, 1.54) is 11.1 Å². The van der Waals surface area contributed by atoms with Crippen LogP contribution in [0.15, 0.2) is 53.3 Å². The summed E-state index contributed by atoms with van der Waals surface area (Å²) in [4.78, 5) is 28.8. The molecule has 2 unspecified atom stereocenters. The highest BCUT2D eigenvalue weighted by atomic mass is 16.5. The van der Waals surface area contributed by atoms with Crippen LogP contribution < -0.4 is 15.6 Å². The van der Waals surface area contributed by atoms with Gasteiger partial charge in [0, 0.05) is 25.0 Å². The van der Waals surface area contributed by atoms with Gasteiger partial charge in [-0.2, -0.15) is 9.78 Å². The van der Waals surface area contributed by atoms with Crippen LogP contribution in [0.1, 0.15) is 37.2 Å². The van der Waals surface area contributed by atoms with Crippen LogP contribution in [-0.4, -0.2) is 53.9 Å². The fourth-order valence-electron chi connectivity index (χ4n) is 4.89. The van der Waals surface area contributed by atoms with Gasteiger partial charge in [0.05, 0.1) is 12.5 Å². The quantitative estimate of drug-likeness (QED) is 0.560. The van der Waals surface area contributed by atoms with Crippen molar-refractivity contribution in [3.63, 3.8) is 0 Å². The van der Waals surface area contributed by atoms with Gasteiger partial charge in [-0.05, 0) is 49.4 Å². The number of piperidine rings is 1. The van der Waals surface area contributed by atoms with Gasteiger partial charge in [0.15, 0.2) is 5.69 Å². The van der Waals surface area contributed by atoms with E-state index in [0.29, 0.717) is 28.8 Å². The first-order valence-corrected chi connectivity index (χ1v) is 11.6. The third kappa shape index (κ3) is 5.09. The Balaban J connectivity index is 1.55. The molecule has 7 nitrogen and oxygen atoms in total. The van der Waals surface area contributed by atoms with E-state index < -0.39 is 0 Å². The monoisotopic (exact) mass is 448 g/mol. The van der Waals surface area contributed by atoms with E-state index in [-0.39, 0.29) is 17.2 Å². The lowest BCUT2D eigenvalue weighted by Gasteiger charge is -2.34. The van der Waals surface area contributed by atoms with Crippen molar-refractivity contribution >= 4 is 16.7 Å². The van der Waals surface area contributed by atoms with Crippen molar-refractivity contribution < 1.29 is 9.53 Å². The summed E-state index contributed by atoms with van der Waals surface area (Å²) in [6, 6.07) is 14.2. The van der Waals surface area contributed by atoms with Gasteiger partial charge < -0.3 is 15.0 Å². The number of nitrogens with zero attached hydrogens (tertiary/aromatic N) is 3. The number of aromatic nitrogens is 2. The van der Waals surface area contributed by atoms with Gasteiger partial charge >= 0.3 is 0 Å². The smallest absolute Gasteiger partial charge is 0.279 e. The number of amides is 1. The van der Waals surface area contributed by atoms with E-state index in [1.807, 2.05) is 18.2 Å². The molecule has 0 bridgehead atoms. The SMILES string of the molecule is COc1ccccc1-n1nc(C(=O)NCCCN2CC(C)CC(C)C2)c2ccccc2c1=O. The summed E-state index contributed by atoms with van der Waals surface area (Å²) in [5, 5.41) is 8.46. The highest BCUT2D eigenvalue weighted by Gasteiger charge is 2.22. The number of methoxy groups -OCH3 is 1. The molecule has 0 spiro atoms. The van der Waals surface area contributed by atoms with E-state index in [0.717, 1.165) is 37.9 Å². The minimum absolute atomic E-state index is 0.233. The largest absolute Gasteiger partial charge is 0.494 e. The van der Waals surface area contributed by atoms with Crippen LogP contribution in [0.25, 0.3) is 16.5 Å². The normalized spacial score (nSPS) is 18.9. The molecule has 174 valence electrons. The van der Waals surface area contributed by atoms with Gasteiger partial charge in [-0.3, -0.25) is 9.59 Å². The molecule has 2 heterocycles. The Kier molecular flexibility index (Phi) is 7.08. The van der Waals surface area contributed by atoms with Gasteiger partial charge in [-0.1, -0.05) is 44.2 Å². The molecule has 0 radical (unpaired) electrons. The van der Waals surface area contributed by atoms with E-state index in [1.54, 1.807) is 37.4 Å². The number of para-hydroxylation sites is 2. The molecule has 7 heteroatoms. The zero-order valence-electron chi connectivity index (χ0n) is 19.6. The zero-order valence-corrected chi connectivity index (χ0v) is 19.6. The topological polar surface area (TPSA) is 76.5 Å². The van der Waals surface area contributed by atoms with Crippen LogP contribution in [0.4, 0.5) is 0 Å². The first-order chi connectivity index (χ1) is 16.0. The average Bonchev–Trinajstić information content (AvgIpc) is 2.81. The minimum Gasteiger partial charge on any atom is -0.494 e. The molecule has 3 aromatic rings. The number of carbonyl (C=O) groups is 1. The van der Waals surface area contributed by atoms with Crippen molar-refractivity contribution in [2.45, 2.75) is 26.7 Å². The molecular formula is C26H32N4O3. The molecule has 1 amide bonds. The number of carbonyl (C=O) groups excluding carboxylic acids is 1. The third-order valence-corrected chi connectivity index (χ3v) is 6.21. The average molecular weight is 449 g/mol. The molecule has 1 saturated heterocycles. The van der Waals surface area contributed by atoms with Gasteiger partial charge in [0.25, 0.3) is 11.5 Å². The number of likely N-dealkylation sites (tertiary alicyclic amines) is 1. The van der Waals surface area contributed by atoms with Crippen LogP contribution in [0.2, 0.25) is 0 Å². The molecule has 4 rings (SSSR count). The van der Waals surface area contributed by atoms with Crippen molar-refractivity contribution in [2.75, 3.05) is 33.3 Å². The first-order valence-electron chi connectivity index (χ1n) is 11.6. The Labute approximate surface area is 194 Å². The molecule has 2 aromatic carbocycles. The van der Waals surface area contributed by atoms with Crippen LogP contribution in [0, 0.1) is 11.8 Å². The lowest BCUT2D eigenvalue weighted by Crippen LogP contribution is -2.40. The number of hydrogen-bond acceptors (Lipinski definition) is 5. The Bertz CT molecular complexity index is 1180. The molecule has 2 atom stereocenters. The Morgan fingerprint density at radius 1 is 1.06 bits per heavy atom. The number of nitrogens with one attached hydrogen (secondary N) is 1. The van der Waals surface area contributed by atoms with Crippen LogP contribution in [-0.2, 0) is 0 Å². The van der Waals surface area contributed by atoms with E-state index in [2.05, 4.69) is 29.2 Å². The molecule has 0 saturated carbocycles. The molecular weight excluding hydrogens is 416 g/mol. The summed E-state index contributed by atoms with van der Waals surface area (Å²) in [5.74, 6) is 1.67. The molecule has 1 fully saturated rings. The highest BCUT2D eigenvalue weighted by molar-refractivity contribution is 6.04. The second kappa shape index (κ2) is 10.2. The lowest BCUT2D eigenvalue weighted by molar-refractivity contribution is 0.0942. The molecule has 1 aromatic heterocycles. The predicted octanol–water partition coefficient (Wildman–Crippen LogP) is 3.49. The summed E-state index contributed by atoms with van der Waals surface area (Å²) in [5.41, 5.74) is 0.439. The Morgan fingerprint density at radius 2 is 1.73 bits per heavy atom. The summed E-state index contributed by atoms with van der Waals surface area (Å²) < 4.78 is 6.67. The van der Waals surface area contributed by atoms with Crippen LogP contribution in [0.5, 0.6) is 5.75 Å². The second-order valence-electron chi connectivity index (χ2n) is 9.10. The first kappa shape index (κ1) is 23.0. The number of hydrogen-bond donors (Lipinski definition) is 1. The number of rotatable bonds is 7. The van der Waals surface area contributed by atoms with E-state index in [9.17, 15) is 9.59 Å². The number of fused-ring (bicyclic) bond motifs is 1. The standard InChI is InChI=1S/C26H32N4O3/c1-18-15-19(2)17-29(16-18)14-8-13-27-25(31)24-20-9-4-5-10-21(20)26(32)30(28-24)22-11-6-7-12-23(22)33-3/h4-7,9-12,18-19H,8,13-17H2,1-3H3,(H,27,31). The summed E-state index contributed by atoms with van der Waals surface area (Å²) in [7, 11) is 1.54. The molecule has 0 aliphatic carbocycles. The highest BCUT2D eigenvalue weighted by Crippen LogP contribution is 2.22. The summed E-state index contributed by atoms with van der Waals surface area (Å²) in [6.07, 6.45) is 2.16. The molecule has 1 N–H and O–H groups in total. The maximum absolute atomic E-state index is 13.2. The van der Waals surface area contributed by atoms with Crippen molar-refractivity contribution in [2.24, 2.45) is 11.8 Å². The Hall–Kier alpha value is -3.19. The van der Waals surface area contributed by atoms with Crippen molar-refractivity contribution in [1.82, 2.24) is 20.0 Å². The second-order valence-corrected chi connectivity index (χ2v) is 9.10. The fourth-order valence-corrected chi connectivity index (χ4v) is 4.89. The molecule has 33 heavy (non-hydrogen) atoms. The van der Waals surface area contributed by atoms with Crippen LogP contribution in [0.3, 0.4) is 0 Å². The van der Waals surface area contributed by atoms with Crippen molar-refractivity contribution in [1.29, 1.82) is 0 Å².